The average Bonchev–Trinajstić information content (AvgIpc) is 2.57. The van der Waals surface area contributed by atoms with Crippen molar-refractivity contribution in [1.82, 2.24) is 0 Å². The van der Waals surface area contributed by atoms with Crippen molar-refractivity contribution in [3.8, 4) is 0 Å². The van der Waals surface area contributed by atoms with Crippen LogP contribution >= 0.6 is 0 Å². The van der Waals surface area contributed by atoms with Crippen LogP contribution in [0.1, 0.15) is 39.0 Å². The van der Waals surface area contributed by atoms with Gasteiger partial charge in [0.05, 0.1) is 0 Å². The summed E-state index contributed by atoms with van der Waals surface area (Å²) in [6.07, 6.45) is 6.49. The zero-order valence-electron chi connectivity index (χ0n) is 7.34. The molecule has 1 saturated carbocycles. The lowest BCUT2D eigenvalue weighted by Gasteiger charge is -1.98. The molecule has 0 aromatic carbocycles. The van der Waals surface area contributed by atoms with Crippen molar-refractivity contribution in [3.05, 3.63) is 11.8 Å². The lowest BCUT2D eigenvalue weighted by Crippen LogP contribution is -2.00. The van der Waals surface area contributed by atoms with Gasteiger partial charge in [-0.2, -0.15) is 0 Å². The Kier molecular flexibility index (Phi) is 3.64. The summed E-state index contributed by atoms with van der Waals surface area (Å²) in [6, 6.07) is 0. The summed E-state index contributed by atoms with van der Waals surface area (Å²) >= 11 is 0. The standard InChI is InChI=1S/C9H14O3/c1-2-9(10)12-11-7-8-5-3-4-6-8/h7H,2-6H2,1H3. The molecule has 0 aromatic heterocycles. The van der Waals surface area contributed by atoms with Gasteiger partial charge in [-0.1, -0.05) is 6.92 Å². The van der Waals surface area contributed by atoms with E-state index in [4.69, 9.17) is 0 Å². The molecule has 0 aliphatic heterocycles. The molecule has 0 aromatic rings. The minimum absolute atomic E-state index is 0.329. The van der Waals surface area contributed by atoms with Crippen LogP contribution in [0.4, 0.5) is 0 Å². The molecular weight excluding hydrogens is 156 g/mol. The molecule has 3 heteroatoms. The summed E-state index contributed by atoms with van der Waals surface area (Å²) < 4.78 is 0. The Balaban J connectivity index is 2.15. The van der Waals surface area contributed by atoms with Gasteiger partial charge < -0.3 is 0 Å². The summed E-state index contributed by atoms with van der Waals surface area (Å²) in [7, 11) is 0. The minimum atomic E-state index is -0.329. The first-order chi connectivity index (χ1) is 5.83. The predicted octanol–water partition coefficient (Wildman–Crippen LogP) is 2.33. The number of rotatable bonds is 3. The molecule has 0 radical (unpaired) electrons. The summed E-state index contributed by atoms with van der Waals surface area (Å²) in [6.45, 7) is 1.73. The van der Waals surface area contributed by atoms with E-state index >= 15 is 0 Å². The Labute approximate surface area is 72.3 Å². The van der Waals surface area contributed by atoms with Crippen molar-refractivity contribution in [1.29, 1.82) is 0 Å². The summed E-state index contributed by atoms with van der Waals surface area (Å²) in [5.74, 6) is -0.329. The third kappa shape index (κ3) is 2.95. The second kappa shape index (κ2) is 4.80. The number of carbonyl (C=O) groups is 1. The van der Waals surface area contributed by atoms with Crippen LogP contribution in [-0.2, 0) is 14.6 Å². The van der Waals surface area contributed by atoms with Gasteiger partial charge >= 0.3 is 5.97 Å². The smallest absolute Gasteiger partial charge is 0.295 e. The largest absolute Gasteiger partial charge is 0.355 e. The van der Waals surface area contributed by atoms with Crippen LogP contribution in [0.15, 0.2) is 11.8 Å². The monoisotopic (exact) mass is 170 g/mol. The molecule has 12 heavy (non-hydrogen) atoms. The van der Waals surface area contributed by atoms with Gasteiger partial charge in [0.1, 0.15) is 6.26 Å². The van der Waals surface area contributed by atoms with Gasteiger partial charge in [-0.3, -0.25) is 9.78 Å². The van der Waals surface area contributed by atoms with E-state index < -0.39 is 0 Å². The molecule has 0 heterocycles. The molecule has 1 fully saturated rings. The molecule has 1 aliphatic carbocycles. The van der Waals surface area contributed by atoms with E-state index in [1.807, 2.05) is 0 Å². The van der Waals surface area contributed by atoms with E-state index in [-0.39, 0.29) is 5.97 Å². The first kappa shape index (κ1) is 9.10. The quantitative estimate of drug-likeness (QED) is 0.370. The summed E-state index contributed by atoms with van der Waals surface area (Å²) in [4.78, 5) is 19.7. The second-order valence-electron chi connectivity index (χ2n) is 2.89. The van der Waals surface area contributed by atoms with E-state index in [0.717, 1.165) is 12.8 Å². The fourth-order valence-corrected chi connectivity index (χ4v) is 1.15. The van der Waals surface area contributed by atoms with Gasteiger partial charge in [-0.25, -0.2) is 4.79 Å². The maximum Gasteiger partial charge on any atom is 0.355 e. The normalized spacial score (nSPS) is 15.9. The molecule has 0 bridgehead atoms. The molecule has 1 aliphatic rings. The Morgan fingerprint density at radius 1 is 1.50 bits per heavy atom. The van der Waals surface area contributed by atoms with Crippen molar-refractivity contribution < 1.29 is 14.6 Å². The molecule has 0 unspecified atom stereocenters. The minimum Gasteiger partial charge on any atom is -0.295 e. The molecule has 68 valence electrons. The van der Waals surface area contributed by atoms with Crippen LogP contribution in [0.2, 0.25) is 0 Å². The lowest BCUT2D eigenvalue weighted by atomic mass is 10.3. The van der Waals surface area contributed by atoms with Crippen LogP contribution in [0.3, 0.4) is 0 Å². The summed E-state index contributed by atoms with van der Waals surface area (Å²) in [5.41, 5.74) is 1.24. The SMILES string of the molecule is CCC(=O)OOC=C1CCCC1. The molecular formula is C9H14O3. The maximum absolute atomic E-state index is 10.6. The maximum atomic E-state index is 10.6. The number of allylic oxidation sites excluding steroid dienone is 1. The van der Waals surface area contributed by atoms with Crippen LogP contribution in [-0.4, -0.2) is 5.97 Å². The first-order valence-corrected chi connectivity index (χ1v) is 4.37. The topological polar surface area (TPSA) is 35.5 Å². The van der Waals surface area contributed by atoms with Crippen LogP contribution < -0.4 is 0 Å². The predicted molar refractivity (Wildman–Crippen MR) is 44.0 cm³/mol. The van der Waals surface area contributed by atoms with Gasteiger partial charge in [0.15, 0.2) is 0 Å². The molecule has 0 saturated heterocycles. The number of hydrogen-bond donors (Lipinski definition) is 0. The zero-order valence-corrected chi connectivity index (χ0v) is 7.34. The van der Waals surface area contributed by atoms with E-state index in [0.29, 0.717) is 6.42 Å². The average molecular weight is 170 g/mol. The highest BCUT2D eigenvalue weighted by Crippen LogP contribution is 2.23. The van der Waals surface area contributed by atoms with Crippen LogP contribution in [0, 0.1) is 0 Å². The van der Waals surface area contributed by atoms with Crippen molar-refractivity contribution in [3.63, 3.8) is 0 Å². The molecule has 3 nitrogen and oxygen atoms in total. The highest BCUT2D eigenvalue weighted by Gasteiger charge is 2.07. The molecule has 0 N–H and O–H groups in total. The van der Waals surface area contributed by atoms with Gasteiger partial charge in [-0.15, -0.1) is 0 Å². The fourth-order valence-electron chi connectivity index (χ4n) is 1.15. The Bertz CT molecular complexity index is 176. The van der Waals surface area contributed by atoms with E-state index in [1.54, 1.807) is 13.2 Å². The Morgan fingerprint density at radius 2 is 2.17 bits per heavy atom. The van der Waals surface area contributed by atoms with Crippen LogP contribution in [0.25, 0.3) is 0 Å². The Hall–Kier alpha value is -0.990. The van der Waals surface area contributed by atoms with E-state index in [2.05, 4.69) is 9.78 Å². The van der Waals surface area contributed by atoms with Gasteiger partial charge in [0.25, 0.3) is 0 Å². The molecule has 0 spiro atoms. The third-order valence-corrected chi connectivity index (χ3v) is 1.89. The fraction of sp³-hybridized carbons (Fsp3) is 0.667. The highest BCUT2D eigenvalue weighted by molar-refractivity contribution is 5.68. The first-order valence-electron chi connectivity index (χ1n) is 4.37. The van der Waals surface area contributed by atoms with Crippen molar-refractivity contribution in [2.24, 2.45) is 0 Å². The van der Waals surface area contributed by atoms with Gasteiger partial charge in [-0.05, 0) is 31.3 Å². The zero-order chi connectivity index (χ0) is 8.81. The van der Waals surface area contributed by atoms with Crippen molar-refractivity contribution >= 4 is 5.97 Å². The van der Waals surface area contributed by atoms with Gasteiger partial charge in [0, 0.05) is 6.42 Å². The molecule has 1 rings (SSSR count). The Morgan fingerprint density at radius 3 is 2.75 bits per heavy atom. The summed E-state index contributed by atoms with van der Waals surface area (Å²) in [5, 5.41) is 0. The van der Waals surface area contributed by atoms with Crippen LogP contribution in [0.5, 0.6) is 0 Å². The van der Waals surface area contributed by atoms with Gasteiger partial charge in [0.2, 0.25) is 0 Å². The number of hydrogen-bond acceptors (Lipinski definition) is 3. The lowest BCUT2D eigenvalue weighted by molar-refractivity contribution is -0.238. The van der Waals surface area contributed by atoms with E-state index in [1.165, 1.54) is 18.4 Å². The molecule has 0 amide bonds. The van der Waals surface area contributed by atoms with E-state index in [9.17, 15) is 4.79 Å². The number of carbonyl (C=O) groups excluding carboxylic acids is 1. The van der Waals surface area contributed by atoms with Crippen molar-refractivity contribution in [2.45, 2.75) is 39.0 Å². The highest BCUT2D eigenvalue weighted by atomic mass is 17.2. The second-order valence-corrected chi connectivity index (χ2v) is 2.89. The molecule has 0 atom stereocenters. The third-order valence-electron chi connectivity index (χ3n) is 1.89. The van der Waals surface area contributed by atoms with Crippen molar-refractivity contribution in [2.75, 3.05) is 0 Å².